The van der Waals surface area contributed by atoms with Crippen LogP contribution < -0.4 is 5.32 Å². The minimum Gasteiger partial charge on any atom is -0.342 e. The molecule has 1 aliphatic carbocycles. The third-order valence-electron chi connectivity index (χ3n) is 4.05. The van der Waals surface area contributed by atoms with Gasteiger partial charge in [-0.1, -0.05) is 13.8 Å². The molecule has 23 heavy (non-hydrogen) atoms. The normalized spacial score (nSPS) is 15.9. The van der Waals surface area contributed by atoms with E-state index in [1.54, 1.807) is 10.9 Å². The molecule has 0 saturated heterocycles. The third kappa shape index (κ3) is 3.11. The van der Waals surface area contributed by atoms with E-state index in [1.807, 2.05) is 32.4 Å². The molecule has 0 aliphatic heterocycles. The van der Waals surface area contributed by atoms with Gasteiger partial charge in [0.2, 0.25) is 0 Å². The zero-order valence-corrected chi connectivity index (χ0v) is 14.0. The second kappa shape index (κ2) is 6.10. The van der Waals surface area contributed by atoms with E-state index < -0.39 is 0 Å². The van der Waals surface area contributed by atoms with Gasteiger partial charge in [0, 0.05) is 12.7 Å². The van der Waals surface area contributed by atoms with Crippen LogP contribution in [0.1, 0.15) is 80.4 Å². The zero-order valence-electron chi connectivity index (χ0n) is 14.0. The number of aromatic nitrogens is 6. The summed E-state index contributed by atoms with van der Waals surface area (Å²) in [5.74, 6) is 0.761. The van der Waals surface area contributed by atoms with Crippen LogP contribution in [0.25, 0.3) is 0 Å². The maximum atomic E-state index is 12.7. The fourth-order valence-electron chi connectivity index (χ4n) is 2.60. The lowest BCUT2D eigenvalue weighted by molar-refractivity contribution is 0.0936. The van der Waals surface area contributed by atoms with Crippen molar-refractivity contribution in [2.24, 2.45) is 0 Å². The molecule has 1 N–H and O–H groups in total. The van der Waals surface area contributed by atoms with Gasteiger partial charge in [-0.3, -0.25) is 9.48 Å². The number of carbonyl (C=O) groups is 1. The fraction of sp³-hybridized carbons (Fsp3) is 0.667. The number of nitrogens with one attached hydrogen (secondary N) is 1. The van der Waals surface area contributed by atoms with Crippen molar-refractivity contribution in [1.82, 2.24) is 35.3 Å². The van der Waals surface area contributed by atoms with Crippen molar-refractivity contribution in [3.05, 3.63) is 23.3 Å². The number of hydrogen-bond donors (Lipinski definition) is 1. The highest BCUT2D eigenvalue weighted by atomic mass is 16.1. The van der Waals surface area contributed by atoms with Crippen LogP contribution in [0, 0.1) is 0 Å². The number of hydrogen-bond acceptors (Lipinski definition) is 5. The number of rotatable bonds is 6. The Bertz CT molecular complexity index is 698. The standard InChI is InChI=1S/C15H23N7O/c1-5-21-8-12(13(18-21)9(2)3)15(23)16-10(4)14-17-19-20-22(14)11-6-7-11/h8-11H,5-7H2,1-4H3,(H,16,23)/t10-/m0/s1. The monoisotopic (exact) mass is 317 g/mol. The van der Waals surface area contributed by atoms with Crippen molar-refractivity contribution >= 4 is 5.91 Å². The average Bonchev–Trinajstić information content (AvgIpc) is 3.08. The van der Waals surface area contributed by atoms with Gasteiger partial charge < -0.3 is 5.32 Å². The molecular weight excluding hydrogens is 294 g/mol. The smallest absolute Gasteiger partial charge is 0.255 e. The van der Waals surface area contributed by atoms with Gasteiger partial charge >= 0.3 is 0 Å². The molecule has 124 valence electrons. The molecule has 0 radical (unpaired) electrons. The third-order valence-corrected chi connectivity index (χ3v) is 4.05. The predicted molar refractivity (Wildman–Crippen MR) is 84.0 cm³/mol. The maximum Gasteiger partial charge on any atom is 0.255 e. The summed E-state index contributed by atoms with van der Waals surface area (Å²) in [5.41, 5.74) is 1.44. The van der Waals surface area contributed by atoms with E-state index >= 15 is 0 Å². The number of carbonyl (C=O) groups excluding carboxylic acids is 1. The van der Waals surface area contributed by atoms with Gasteiger partial charge in [0.05, 0.1) is 23.3 Å². The largest absolute Gasteiger partial charge is 0.342 e. The van der Waals surface area contributed by atoms with Gasteiger partial charge in [-0.25, -0.2) is 4.68 Å². The Balaban J connectivity index is 1.78. The average molecular weight is 317 g/mol. The molecule has 1 saturated carbocycles. The van der Waals surface area contributed by atoms with Gasteiger partial charge in [-0.15, -0.1) is 5.10 Å². The van der Waals surface area contributed by atoms with E-state index in [0.717, 1.165) is 25.1 Å². The Hall–Kier alpha value is -2.25. The summed E-state index contributed by atoms with van der Waals surface area (Å²) in [5, 5.41) is 19.3. The van der Waals surface area contributed by atoms with Crippen molar-refractivity contribution in [2.75, 3.05) is 0 Å². The van der Waals surface area contributed by atoms with Crippen LogP contribution in [-0.4, -0.2) is 35.9 Å². The van der Waals surface area contributed by atoms with Crippen LogP contribution in [-0.2, 0) is 6.54 Å². The number of aryl methyl sites for hydroxylation is 1. The molecule has 1 aliphatic rings. The number of amides is 1. The minimum atomic E-state index is -0.247. The van der Waals surface area contributed by atoms with E-state index in [-0.39, 0.29) is 17.9 Å². The summed E-state index contributed by atoms with van der Waals surface area (Å²) in [6.07, 6.45) is 4.00. The predicted octanol–water partition coefficient (Wildman–Crippen LogP) is 1.84. The molecule has 1 amide bonds. The van der Waals surface area contributed by atoms with E-state index in [0.29, 0.717) is 17.4 Å². The van der Waals surface area contributed by atoms with Crippen molar-refractivity contribution in [3.8, 4) is 0 Å². The Kier molecular flexibility index (Phi) is 4.14. The molecule has 0 unspecified atom stereocenters. The molecule has 8 heteroatoms. The van der Waals surface area contributed by atoms with Crippen LogP contribution in [0.15, 0.2) is 6.20 Å². The molecule has 1 fully saturated rings. The van der Waals surface area contributed by atoms with Crippen molar-refractivity contribution in [1.29, 1.82) is 0 Å². The highest BCUT2D eigenvalue weighted by Crippen LogP contribution is 2.35. The lowest BCUT2D eigenvalue weighted by Gasteiger charge is -2.13. The van der Waals surface area contributed by atoms with Gasteiger partial charge in [0.15, 0.2) is 5.82 Å². The number of tetrazole rings is 1. The minimum absolute atomic E-state index is 0.133. The van der Waals surface area contributed by atoms with E-state index in [9.17, 15) is 4.79 Å². The van der Waals surface area contributed by atoms with Gasteiger partial charge in [0.25, 0.3) is 5.91 Å². The highest BCUT2D eigenvalue weighted by Gasteiger charge is 2.30. The van der Waals surface area contributed by atoms with Gasteiger partial charge in [-0.05, 0) is 43.0 Å². The van der Waals surface area contributed by atoms with Crippen LogP contribution in [0.2, 0.25) is 0 Å². The SMILES string of the molecule is CCn1cc(C(=O)N[C@@H](C)c2nnnn2C2CC2)c(C(C)C)n1. The first-order chi connectivity index (χ1) is 11.0. The number of nitrogens with zero attached hydrogens (tertiary/aromatic N) is 6. The maximum absolute atomic E-state index is 12.7. The van der Waals surface area contributed by atoms with Gasteiger partial charge in [0.1, 0.15) is 0 Å². The molecule has 3 rings (SSSR count). The van der Waals surface area contributed by atoms with Gasteiger partial charge in [-0.2, -0.15) is 5.10 Å². The summed E-state index contributed by atoms with van der Waals surface area (Å²) in [4.78, 5) is 12.7. The van der Waals surface area contributed by atoms with Crippen LogP contribution >= 0.6 is 0 Å². The second-order valence-corrected chi connectivity index (χ2v) is 6.35. The zero-order chi connectivity index (χ0) is 16.6. The molecule has 2 aromatic heterocycles. The Labute approximate surface area is 135 Å². The lowest BCUT2D eigenvalue weighted by Crippen LogP contribution is -2.29. The second-order valence-electron chi connectivity index (χ2n) is 6.35. The fourth-order valence-corrected chi connectivity index (χ4v) is 2.60. The van der Waals surface area contributed by atoms with E-state index in [2.05, 4.69) is 25.9 Å². The summed E-state index contributed by atoms with van der Waals surface area (Å²) >= 11 is 0. The van der Waals surface area contributed by atoms with Crippen molar-refractivity contribution in [3.63, 3.8) is 0 Å². The molecule has 8 nitrogen and oxygen atoms in total. The first-order valence-electron chi connectivity index (χ1n) is 8.17. The summed E-state index contributed by atoms with van der Waals surface area (Å²) in [6.45, 7) is 8.72. The molecule has 0 aromatic carbocycles. The molecular formula is C15H23N7O. The van der Waals surface area contributed by atoms with Crippen LogP contribution in [0.4, 0.5) is 0 Å². The first-order valence-corrected chi connectivity index (χ1v) is 8.17. The van der Waals surface area contributed by atoms with Crippen LogP contribution in [0.5, 0.6) is 0 Å². The van der Waals surface area contributed by atoms with E-state index in [1.165, 1.54) is 0 Å². The molecule has 2 heterocycles. The molecule has 2 aromatic rings. The first kappa shape index (κ1) is 15.6. The molecule has 1 atom stereocenters. The van der Waals surface area contributed by atoms with E-state index in [4.69, 9.17) is 0 Å². The molecule has 0 spiro atoms. The summed E-state index contributed by atoms with van der Waals surface area (Å²) < 4.78 is 3.62. The molecule has 0 bridgehead atoms. The highest BCUT2D eigenvalue weighted by molar-refractivity contribution is 5.95. The quantitative estimate of drug-likeness (QED) is 0.878. The lowest BCUT2D eigenvalue weighted by atomic mass is 10.1. The van der Waals surface area contributed by atoms with Crippen LogP contribution in [0.3, 0.4) is 0 Å². The summed E-state index contributed by atoms with van der Waals surface area (Å²) in [7, 11) is 0. The Morgan fingerprint density at radius 3 is 2.74 bits per heavy atom. The topological polar surface area (TPSA) is 90.5 Å². The Morgan fingerprint density at radius 2 is 2.13 bits per heavy atom. The summed E-state index contributed by atoms with van der Waals surface area (Å²) in [6, 6.07) is 0.136. The Morgan fingerprint density at radius 1 is 1.39 bits per heavy atom. The van der Waals surface area contributed by atoms with Crippen molar-refractivity contribution in [2.45, 2.75) is 65.1 Å². The van der Waals surface area contributed by atoms with Crippen molar-refractivity contribution < 1.29 is 4.79 Å².